The van der Waals surface area contributed by atoms with Crippen LogP contribution in [-0.4, -0.2) is 22.3 Å². The van der Waals surface area contributed by atoms with E-state index in [4.69, 9.17) is 5.11 Å². The molecule has 2 N–H and O–H groups in total. The molecular formula is C31H46O3. The van der Waals surface area contributed by atoms with Gasteiger partial charge in [0.15, 0.2) is 0 Å². The van der Waals surface area contributed by atoms with Crippen molar-refractivity contribution in [2.45, 2.75) is 104 Å². The van der Waals surface area contributed by atoms with E-state index in [2.05, 4.69) is 20.8 Å². The van der Waals surface area contributed by atoms with E-state index >= 15 is 0 Å². The Labute approximate surface area is 206 Å². The van der Waals surface area contributed by atoms with Crippen LogP contribution in [-0.2, 0) is 6.42 Å². The molecule has 0 radical (unpaired) electrons. The summed E-state index contributed by atoms with van der Waals surface area (Å²) in [6.07, 6.45) is 15.2. The van der Waals surface area contributed by atoms with E-state index in [-0.39, 0.29) is 6.10 Å². The molecule has 0 heterocycles. The predicted molar refractivity (Wildman–Crippen MR) is 137 cm³/mol. The number of aromatic carboxylic acids is 1. The molecule has 0 bridgehead atoms. The predicted octanol–water partition coefficient (Wildman–Crippen LogP) is 7.36. The van der Waals surface area contributed by atoms with Crippen molar-refractivity contribution in [1.29, 1.82) is 0 Å². The molecular weight excluding hydrogens is 420 g/mol. The van der Waals surface area contributed by atoms with Gasteiger partial charge in [0.2, 0.25) is 0 Å². The Hall–Kier alpha value is -1.35. The SMILES string of the molecule is C[C@H](CCCc1ccc(C(=O)O)cc1)[C@H]1CC[C@H]2[C@@H]3CC[C@@H]4C[C@H](O)CC[C@]4(C)[C@H]3CC[C@]12C. The first-order valence-electron chi connectivity index (χ1n) is 14.2. The third kappa shape index (κ3) is 4.14. The molecule has 0 amide bonds. The van der Waals surface area contributed by atoms with Crippen molar-refractivity contribution in [1.82, 2.24) is 0 Å². The quantitative estimate of drug-likeness (QED) is 0.460. The third-order valence-corrected chi connectivity index (χ3v) is 11.7. The van der Waals surface area contributed by atoms with Crippen molar-refractivity contribution in [2.75, 3.05) is 0 Å². The fourth-order valence-electron chi connectivity index (χ4n) is 9.85. The molecule has 0 unspecified atom stereocenters. The summed E-state index contributed by atoms with van der Waals surface area (Å²) in [4.78, 5) is 11.1. The topological polar surface area (TPSA) is 57.5 Å². The van der Waals surface area contributed by atoms with Gasteiger partial charge in [-0.3, -0.25) is 0 Å². The average molecular weight is 467 g/mol. The molecule has 3 heteroatoms. The van der Waals surface area contributed by atoms with Gasteiger partial charge in [-0.2, -0.15) is 0 Å². The van der Waals surface area contributed by atoms with Crippen LogP contribution in [0.2, 0.25) is 0 Å². The zero-order valence-electron chi connectivity index (χ0n) is 21.6. The summed E-state index contributed by atoms with van der Waals surface area (Å²) in [6.45, 7) is 7.77. The first-order chi connectivity index (χ1) is 16.2. The van der Waals surface area contributed by atoms with E-state index in [9.17, 15) is 9.90 Å². The highest BCUT2D eigenvalue weighted by molar-refractivity contribution is 5.87. The number of carboxylic acid groups (broad SMARTS) is 1. The Balaban J connectivity index is 1.20. The second-order valence-corrected chi connectivity index (χ2v) is 13.2. The largest absolute Gasteiger partial charge is 0.478 e. The molecule has 9 atom stereocenters. The maximum absolute atomic E-state index is 11.1. The second-order valence-electron chi connectivity index (χ2n) is 13.2. The van der Waals surface area contributed by atoms with Crippen molar-refractivity contribution >= 4 is 5.97 Å². The Kier molecular flexibility index (Phi) is 6.63. The Morgan fingerprint density at radius 3 is 2.41 bits per heavy atom. The van der Waals surface area contributed by atoms with Crippen molar-refractivity contribution in [3.63, 3.8) is 0 Å². The van der Waals surface area contributed by atoms with Crippen LogP contribution in [0.3, 0.4) is 0 Å². The number of carboxylic acids is 1. The summed E-state index contributed by atoms with van der Waals surface area (Å²) in [5, 5.41) is 19.4. The van der Waals surface area contributed by atoms with E-state index in [1.54, 1.807) is 12.1 Å². The van der Waals surface area contributed by atoms with Crippen molar-refractivity contribution in [3.05, 3.63) is 35.4 Å². The molecule has 4 aliphatic carbocycles. The standard InChI is InChI=1S/C31H46O3/c1-20(5-4-6-21-7-9-22(10-8-21)29(33)34)26-13-14-27-25-12-11-23-19-24(32)15-17-30(23,2)28(25)16-18-31(26,27)3/h7-10,20,23-28,32H,4-6,11-19H2,1-3H3,(H,33,34)/t20-,23-,24-,25+,26-,27+,28+,30+,31-/m1/s1. The number of aliphatic hydroxyl groups is 1. The normalized spacial score (nSPS) is 42.4. The zero-order chi connectivity index (χ0) is 24.1. The molecule has 4 saturated carbocycles. The minimum absolute atomic E-state index is 0.0460. The number of hydrogen-bond acceptors (Lipinski definition) is 2. The molecule has 0 aliphatic heterocycles. The van der Waals surface area contributed by atoms with E-state index < -0.39 is 5.97 Å². The van der Waals surface area contributed by atoms with Gasteiger partial charge in [0.05, 0.1) is 11.7 Å². The van der Waals surface area contributed by atoms with Crippen LogP contribution in [0.5, 0.6) is 0 Å². The minimum atomic E-state index is -0.845. The fraction of sp³-hybridized carbons (Fsp3) is 0.774. The van der Waals surface area contributed by atoms with E-state index in [0.29, 0.717) is 16.4 Å². The molecule has 0 aromatic heterocycles. The minimum Gasteiger partial charge on any atom is -0.478 e. The molecule has 4 aliphatic rings. The smallest absolute Gasteiger partial charge is 0.335 e. The molecule has 34 heavy (non-hydrogen) atoms. The maximum Gasteiger partial charge on any atom is 0.335 e. The van der Waals surface area contributed by atoms with E-state index in [1.165, 1.54) is 63.4 Å². The van der Waals surface area contributed by atoms with Gasteiger partial charge >= 0.3 is 5.97 Å². The van der Waals surface area contributed by atoms with Crippen LogP contribution in [0.4, 0.5) is 0 Å². The van der Waals surface area contributed by atoms with Crippen molar-refractivity contribution in [3.8, 4) is 0 Å². The maximum atomic E-state index is 11.1. The summed E-state index contributed by atoms with van der Waals surface area (Å²) in [5.41, 5.74) is 2.63. The molecule has 0 spiro atoms. The zero-order valence-corrected chi connectivity index (χ0v) is 21.6. The fourth-order valence-corrected chi connectivity index (χ4v) is 9.85. The number of benzene rings is 1. The summed E-state index contributed by atoms with van der Waals surface area (Å²) in [6, 6.07) is 7.46. The molecule has 1 aromatic rings. The number of hydrogen-bond donors (Lipinski definition) is 2. The number of carbonyl (C=O) groups is 1. The summed E-state index contributed by atoms with van der Waals surface area (Å²) in [7, 11) is 0. The Bertz CT molecular complexity index is 877. The van der Waals surface area contributed by atoms with Gasteiger partial charge in [-0.15, -0.1) is 0 Å². The van der Waals surface area contributed by atoms with Crippen LogP contribution in [0, 0.1) is 46.3 Å². The monoisotopic (exact) mass is 466 g/mol. The molecule has 4 fully saturated rings. The van der Waals surface area contributed by atoms with Crippen LogP contribution in [0.1, 0.15) is 107 Å². The highest BCUT2D eigenvalue weighted by Crippen LogP contribution is 2.68. The van der Waals surface area contributed by atoms with E-state index in [1.807, 2.05) is 12.1 Å². The first kappa shape index (κ1) is 24.3. The first-order valence-corrected chi connectivity index (χ1v) is 14.2. The van der Waals surface area contributed by atoms with Gasteiger partial charge in [-0.1, -0.05) is 39.3 Å². The van der Waals surface area contributed by atoms with Crippen LogP contribution in [0.25, 0.3) is 0 Å². The summed E-state index contributed by atoms with van der Waals surface area (Å²) in [5.74, 6) is 4.24. The van der Waals surface area contributed by atoms with Gasteiger partial charge in [0.1, 0.15) is 0 Å². The molecule has 188 valence electrons. The van der Waals surface area contributed by atoms with Gasteiger partial charge in [-0.05, 0) is 135 Å². The van der Waals surface area contributed by atoms with Crippen molar-refractivity contribution in [2.24, 2.45) is 46.3 Å². The lowest BCUT2D eigenvalue weighted by Crippen LogP contribution is -2.54. The Morgan fingerprint density at radius 2 is 1.68 bits per heavy atom. The molecule has 5 rings (SSSR count). The number of fused-ring (bicyclic) bond motifs is 5. The summed E-state index contributed by atoms with van der Waals surface area (Å²) >= 11 is 0. The lowest BCUT2D eigenvalue weighted by molar-refractivity contribution is -0.129. The van der Waals surface area contributed by atoms with Crippen molar-refractivity contribution < 1.29 is 15.0 Å². The third-order valence-electron chi connectivity index (χ3n) is 11.7. The lowest BCUT2D eigenvalue weighted by Gasteiger charge is -2.61. The van der Waals surface area contributed by atoms with Gasteiger partial charge in [-0.25, -0.2) is 4.79 Å². The van der Waals surface area contributed by atoms with Crippen LogP contribution in [0.15, 0.2) is 24.3 Å². The van der Waals surface area contributed by atoms with Crippen LogP contribution >= 0.6 is 0 Å². The molecule has 3 nitrogen and oxygen atoms in total. The average Bonchev–Trinajstić information content (AvgIpc) is 3.17. The second kappa shape index (κ2) is 9.26. The Morgan fingerprint density at radius 1 is 0.971 bits per heavy atom. The van der Waals surface area contributed by atoms with E-state index in [0.717, 1.165) is 54.8 Å². The summed E-state index contributed by atoms with van der Waals surface area (Å²) < 4.78 is 0. The van der Waals surface area contributed by atoms with Crippen LogP contribution < -0.4 is 0 Å². The lowest BCUT2D eigenvalue weighted by atomic mass is 9.44. The van der Waals surface area contributed by atoms with Gasteiger partial charge < -0.3 is 10.2 Å². The number of aliphatic hydroxyl groups excluding tert-OH is 1. The number of aryl methyl sites for hydroxylation is 1. The van der Waals surface area contributed by atoms with Gasteiger partial charge in [0, 0.05) is 0 Å². The molecule has 1 aromatic carbocycles. The highest BCUT2D eigenvalue weighted by atomic mass is 16.4. The van der Waals surface area contributed by atoms with Gasteiger partial charge in [0.25, 0.3) is 0 Å². The number of rotatable bonds is 6. The molecule has 0 saturated heterocycles. The highest BCUT2D eigenvalue weighted by Gasteiger charge is 2.60.